The van der Waals surface area contributed by atoms with Crippen molar-refractivity contribution in [1.29, 1.82) is 0 Å². The van der Waals surface area contributed by atoms with Crippen molar-refractivity contribution in [2.24, 2.45) is 0 Å². The van der Waals surface area contributed by atoms with Gasteiger partial charge in [0, 0.05) is 0 Å². The first-order valence-electron chi connectivity index (χ1n) is 4.39. The average molecular weight is 225 g/mol. The number of nitrogens with one attached hydrogen (secondary N) is 2. The average Bonchev–Trinajstić information content (AvgIpc) is 2.76. The van der Waals surface area contributed by atoms with Crippen molar-refractivity contribution in [2.75, 3.05) is 6.61 Å². The van der Waals surface area contributed by atoms with Gasteiger partial charge in [-0.15, -0.1) is 5.10 Å². The zero-order chi connectivity index (χ0) is 11.7. The highest BCUT2D eigenvalue weighted by molar-refractivity contribution is 6.01. The number of aromatic amines is 2. The molecule has 0 atom stereocenters. The molecule has 9 nitrogen and oxygen atoms in total. The zero-order valence-electron chi connectivity index (χ0n) is 8.18. The van der Waals surface area contributed by atoms with E-state index in [1.165, 1.54) is 0 Å². The summed E-state index contributed by atoms with van der Waals surface area (Å²) >= 11 is 0. The Labute approximate surface area is 87.9 Å². The Hall–Kier alpha value is -2.45. The first kappa shape index (κ1) is 10.1. The van der Waals surface area contributed by atoms with E-state index in [1.807, 2.05) is 0 Å². The van der Waals surface area contributed by atoms with E-state index in [1.54, 1.807) is 6.92 Å². The minimum atomic E-state index is -0.671. The first-order valence-corrected chi connectivity index (χ1v) is 4.39. The fraction of sp³-hybridized carbons (Fsp3) is 0.286. The summed E-state index contributed by atoms with van der Waals surface area (Å²) in [6, 6.07) is 0. The highest BCUT2D eigenvalue weighted by Gasteiger charge is 2.24. The van der Waals surface area contributed by atoms with Gasteiger partial charge in [-0.3, -0.25) is 5.10 Å². The van der Waals surface area contributed by atoms with Gasteiger partial charge in [0.1, 0.15) is 0 Å². The second-order valence-electron chi connectivity index (χ2n) is 2.85. The predicted octanol–water partition coefficient (Wildman–Crippen LogP) is 0.371. The van der Waals surface area contributed by atoms with E-state index in [0.29, 0.717) is 0 Å². The molecule has 0 saturated carbocycles. The standard InChI is InChI=1S/C7H7N5O4/c1-2-16-7(13)5-3-4(9-10-5)6(11-8-3)12(14)15/h2H2,1H3,(H,8,11)(H,9,10). The summed E-state index contributed by atoms with van der Waals surface area (Å²) in [4.78, 5) is 21.3. The van der Waals surface area contributed by atoms with Gasteiger partial charge >= 0.3 is 11.8 Å². The minimum absolute atomic E-state index is 0.0683. The maximum absolute atomic E-state index is 11.4. The van der Waals surface area contributed by atoms with Gasteiger partial charge in [-0.05, 0) is 11.8 Å². The Balaban J connectivity index is 2.50. The molecule has 16 heavy (non-hydrogen) atoms. The monoisotopic (exact) mass is 225 g/mol. The molecule has 0 spiro atoms. The Kier molecular flexibility index (Phi) is 2.27. The van der Waals surface area contributed by atoms with Crippen LogP contribution in [-0.2, 0) is 4.74 Å². The van der Waals surface area contributed by atoms with Crippen molar-refractivity contribution in [3.63, 3.8) is 0 Å². The van der Waals surface area contributed by atoms with Crippen LogP contribution >= 0.6 is 0 Å². The van der Waals surface area contributed by atoms with Crippen molar-refractivity contribution in [3.8, 4) is 0 Å². The molecule has 0 aliphatic rings. The molecular formula is C7H7N5O4. The summed E-state index contributed by atoms with van der Waals surface area (Å²) in [5.41, 5.74) is 0.111. The van der Waals surface area contributed by atoms with Crippen molar-refractivity contribution in [1.82, 2.24) is 20.4 Å². The van der Waals surface area contributed by atoms with Gasteiger partial charge in [-0.2, -0.15) is 5.10 Å². The van der Waals surface area contributed by atoms with Crippen LogP contribution in [0.3, 0.4) is 0 Å². The number of nitrogens with zero attached hydrogens (tertiary/aromatic N) is 3. The van der Waals surface area contributed by atoms with Crippen LogP contribution in [0.15, 0.2) is 0 Å². The summed E-state index contributed by atoms with van der Waals surface area (Å²) < 4.78 is 4.72. The summed E-state index contributed by atoms with van der Waals surface area (Å²) in [7, 11) is 0. The molecule has 2 aromatic heterocycles. The first-order chi connectivity index (χ1) is 7.65. The molecule has 0 saturated heterocycles. The van der Waals surface area contributed by atoms with Crippen LogP contribution in [0.5, 0.6) is 0 Å². The molecule has 0 radical (unpaired) electrons. The molecule has 0 aliphatic carbocycles. The largest absolute Gasteiger partial charge is 0.461 e. The van der Waals surface area contributed by atoms with Crippen LogP contribution in [0.25, 0.3) is 11.0 Å². The summed E-state index contributed by atoms with van der Waals surface area (Å²) in [6.07, 6.45) is 0. The van der Waals surface area contributed by atoms with Crippen LogP contribution < -0.4 is 0 Å². The van der Waals surface area contributed by atoms with Crippen LogP contribution in [0.1, 0.15) is 17.4 Å². The molecule has 0 unspecified atom stereocenters. The molecule has 2 aromatic rings. The maximum Gasteiger partial charge on any atom is 0.368 e. The van der Waals surface area contributed by atoms with E-state index in [0.717, 1.165) is 0 Å². The van der Waals surface area contributed by atoms with Gasteiger partial charge in [0.15, 0.2) is 11.0 Å². The Bertz CT molecular complexity index is 556. The lowest BCUT2D eigenvalue weighted by Crippen LogP contribution is -2.05. The lowest BCUT2D eigenvalue weighted by atomic mass is 10.3. The van der Waals surface area contributed by atoms with Crippen molar-refractivity contribution >= 4 is 22.8 Å². The third-order valence-corrected chi connectivity index (χ3v) is 1.90. The number of hydrogen-bond donors (Lipinski definition) is 2. The zero-order valence-corrected chi connectivity index (χ0v) is 8.18. The van der Waals surface area contributed by atoms with Gasteiger partial charge in [0.2, 0.25) is 5.69 Å². The third-order valence-electron chi connectivity index (χ3n) is 1.90. The number of ether oxygens (including phenoxy) is 1. The second-order valence-corrected chi connectivity index (χ2v) is 2.85. The highest BCUT2D eigenvalue weighted by Crippen LogP contribution is 2.22. The molecule has 0 amide bonds. The number of carbonyl (C=O) groups excluding carboxylic acids is 1. The number of esters is 1. The molecule has 9 heteroatoms. The van der Waals surface area contributed by atoms with E-state index in [2.05, 4.69) is 20.4 Å². The Morgan fingerprint density at radius 1 is 1.50 bits per heavy atom. The smallest absolute Gasteiger partial charge is 0.368 e. The quantitative estimate of drug-likeness (QED) is 0.441. The highest BCUT2D eigenvalue weighted by atomic mass is 16.6. The maximum atomic E-state index is 11.4. The molecule has 0 bridgehead atoms. The minimum Gasteiger partial charge on any atom is -0.461 e. The fourth-order valence-corrected chi connectivity index (χ4v) is 1.25. The van der Waals surface area contributed by atoms with Crippen LogP contribution in [0.2, 0.25) is 0 Å². The van der Waals surface area contributed by atoms with E-state index in [9.17, 15) is 14.9 Å². The normalized spacial score (nSPS) is 10.6. The SMILES string of the molecule is CCOC(=O)c1n[nH]c2c([N+](=O)[O-])[nH]nc12. The summed E-state index contributed by atoms with van der Waals surface area (Å²) in [5.74, 6) is -1.01. The van der Waals surface area contributed by atoms with E-state index >= 15 is 0 Å². The molecule has 2 rings (SSSR count). The summed E-state index contributed by atoms with van der Waals surface area (Å²) in [6.45, 7) is 1.84. The van der Waals surface area contributed by atoms with Gasteiger partial charge in [0.25, 0.3) is 0 Å². The predicted molar refractivity (Wildman–Crippen MR) is 50.9 cm³/mol. The molecule has 2 N–H and O–H groups in total. The fourth-order valence-electron chi connectivity index (χ4n) is 1.25. The lowest BCUT2D eigenvalue weighted by molar-refractivity contribution is -0.388. The van der Waals surface area contributed by atoms with Crippen LogP contribution in [-0.4, -0.2) is 37.9 Å². The van der Waals surface area contributed by atoms with Gasteiger partial charge < -0.3 is 14.9 Å². The van der Waals surface area contributed by atoms with E-state index in [-0.39, 0.29) is 29.2 Å². The molecular weight excluding hydrogens is 218 g/mol. The van der Waals surface area contributed by atoms with Crippen LogP contribution in [0.4, 0.5) is 5.82 Å². The van der Waals surface area contributed by atoms with E-state index < -0.39 is 10.9 Å². The number of nitro groups is 1. The summed E-state index contributed by atoms with van der Waals surface area (Å²) in [5, 5.41) is 22.4. The van der Waals surface area contributed by atoms with E-state index in [4.69, 9.17) is 4.74 Å². The number of H-pyrrole nitrogens is 2. The van der Waals surface area contributed by atoms with Crippen molar-refractivity contribution < 1.29 is 14.5 Å². The van der Waals surface area contributed by atoms with Crippen LogP contribution in [0, 0.1) is 10.1 Å². The Morgan fingerprint density at radius 2 is 2.25 bits per heavy atom. The molecule has 0 aromatic carbocycles. The second kappa shape index (κ2) is 3.61. The molecule has 0 fully saturated rings. The molecule has 84 valence electrons. The molecule has 2 heterocycles. The lowest BCUT2D eigenvalue weighted by Gasteiger charge is -1.95. The van der Waals surface area contributed by atoms with Gasteiger partial charge in [-0.25, -0.2) is 4.79 Å². The van der Waals surface area contributed by atoms with Gasteiger partial charge in [0.05, 0.1) is 6.61 Å². The van der Waals surface area contributed by atoms with Crippen molar-refractivity contribution in [3.05, 3.63) is 15.8 Å². The number of aromatic nitrogens is 4. The Morgan fingerprint density at radius 3 is 2.88 bits per heavy atom. The third kappa shape index (κ3) is 1.38. The number of carbonyl (C=O) groups is 1. The number of rotatable bonds is 3. The number of fused-ring (bicyclic) bond motifs is 1. The number of hydrogen-bond acceptors (Lipinski definition) is 6. The topological polar surface area (TPSA) is 127 Å². The van der Waals surface area contributed by atoms with Gasteiger partial charge in [-0.1, -0.05) is 5.10 Å². The molecule has 0 aliphatic heterocycles. The van der Waals surface area contributed by atoms with Crippen molar-refractivity contribution in [2.45, 2.75) is 6.92 Å².